The summed E-state index contributed by atoms with van der Waals surface area (Å²) in [5, 5.41) is 2.90. The Morgan fingerprint density at radius 1 is 1.28 bits per heavy atom. The van der Waals surface area contributed by atoms with Crippen LogP contribution in [-0.4, -0.2) is 50.2 Å². The number of nitrogens with zero attached hydrogens (tertiary/aromatic N) is 1. The van der Waals surface area contributed by atoms with Gasteiger partial charge in [-0.1, -0.05) is 0 Å². The summed E-state index contributed by atoms with van der Waals surface area (Å²) in [5.74, 6) is -0.0525. The van der Waals surface area contributed by atoms with Gasteiger partial charge in [0.05, 0.1) is 13.2 Å². The van der Waals surface area contributed by atoms with Gasteiger partial charge in [-0.3, -0.25) is 9.69 Å². The maximum absolute atomic E-state index is 11.8. The first kappa shape index (κ1) is 12.9. The summed E-state index contributed by atoms with van der Waals surface area (Å²) in [4.78, 5) is 14.1. The van der Waals surface area contributed by atoms with E-state index in [0.29, 0.717) is 17.8 Å². The number of hydrogen-bond acceptors (Lipinski definition) is 4. The molecule has 0 atom stereocenters. The Balaban J connectivity index is 1.72. The maximum Gasteiger partial charge on any atom is 0.251 e. The van der Waals surface area contributed by atoms with Gasteiger partial charge in [0.1, 0.15) is 0 Å². The number of amides is 1. The number of nitrogens with one attached hydrogen (secondary N) is 1. The van der Waals surface area contributed by atoms with E-state index in [2.05, 4.69) is 10.2 Å². The molecule has 5 heteroatoms. The van der Waals surface area contributed by atoms with Crippen molar-refractivity contribution in [1.29, 1.82) is 0 Å². The van der Waals surface area contributed by atoms with Crippen molar-refractivity contribution in [3.05, 3.63) is 29.8 Å². The number of rotatable bonds is 4. The van der Waals surface area contributed by atoms with Crippen molar-refractivity contribution in [2.24, 2.45) is 0 Å². The van der Waals surface area contributed by atoms with Gasteiger partial charge in [-0.15, -0.1) is 0 Å². The lowest BCUT2D eigenvalue weighted by atomic mass is 10.2. The molecule has 0 radical (unpaired) electrons. The third-order valence-electron chi connectivity index (χ3n) is 2.99. The number of morpholine rings is 1. The average Bonchev–Trinajstić information content (AvgIpc) is 2.40. The molecule has 0 aromatic heterocycles. The first-order valence-corrected chi connectivity index (χ1v) is 6.19. The molecule has 2 rings (SSSR count). The third-order valence-corrected chi connectivity index (χ3v) is 2.99. The van der Waals surface area contributed by atoms with Crippen molar-refractivity contribution in [2.75, 3.05) is 45.1 Å². The first-order chi connectivity index (χ1) is 8.75. The van der Waals surface area contributed by atoms with Crippen LogP contribution in [0.5, 0.6) is 0 Å². The van der Waals surface area contributed by atoms with Gasteiger partial charge in [-0.05, 0) is 24.3 Å². The Labute approximate surface area is 107 Å². The summed E-state index contributed by atoms with van der Waals surface area (Å²) in [7, 11) is 0. The molecule has 0 bridgehead atoms. The normalized spacial score (nSPS) is 16.4. The van der Waals surface area contributed by atoms with E-state index in [1.807, 2.05) is 0 Å². The molecule has 1 saturated heterocycles. The molecule has 1 aliphatic heterocycles. The van der Waals surface area contributed by atoms with Crippen LogP contribution in [0.2, 0.25) is 0 Å². The number of carbonyl (C=O) groups is 1. The van der Waals surface area contributed by atoms with Gasteiger partial charge in [-0.25, -0.2) is 0 Å². The second-order valence-corrected chi connectivity index (χ2v) is 4.33. The molecule has 5 nitrogen and oxygen atoms in total. The molecule has 1 aliphatic rings. The van der Waals surface area contributed by atoms with Gasteiger partial charge in [0.15, 0.2) is 0 Å². The van der Waals surface area contributed by atoms with Crippen molar-refractivity contribution in [3.8, 4) is 0 Å². The molecule has 1 fully saturated rings. The highest BCUT2D eigenvalue weighted by atomic mass is 16.5. The molecule has 1 amide bonds. The van der Waals surface area contributed by atoms with Crippen molar-refractivity contribution >= 4 is 11.6 Å². The molecule has 0 saturated carbocycles. The molecule has 18 heavy (non-hydrogen) atoms. The number of nitrogens with two attached hydrogens (primary N) is 1. The zero-order valence-corrected chi connectivity index (χ0v) is 10.4. The van der Waals surface area contributed by atoms with Gasteiger partial charge in [0.2, 0.25) is 0 Å². The lowest BCUT2D eigenvalue weighted by Gasteiger charge is -2.26. The molecule has 1 aromatic carbocycles. The van der Waals surface area contributed by atoms with Gasteiger partial charge < -0.3 is 15.8 Å². The lowest BCUT2D eigenvalue weighted by molar-refractivity contribution is 0.0383. The smallest absolute Gasteiger partial charge is 0.251 e. The molecule has 1 aromatic rings. The number of ether oxygens (including phenoxy) is 1. The van der Waals surface area contributed by atoms with E-state index in [4.69, 9.17) is 10.5 Å². The van der Waals surface area contributed by atoms with E-state index in [9.17, 15) is 4.79 Å². The first-order valence-electron chi connectivity index (χ1n) is 6.19. The van der Waals surface area contributed by atoms with Crippen molar-refractivity contribution in [2.45, 2.75) is 0 Å². The maximum atomic E-state index is 11.8. The molecular weight excluding hydrogens is 230 g/mol. The summed E-state index contributed by atoms with van der Waals surface area (Å²) in [6.07, 6.45) is 0. The van der Waals surface area contributed by atoms with Gasteiger partial charge in [0.25, 0.3) is 5.91 Å². The molecule has 1 heterocycles. The predicted octanol–water partition coefficient (Wildman–Crippen LogP) is 0.331. The Bertz CT molecular complexity index is 386. The van der Waals surface area contributed by atoms with Crippen LogP contribution in [0.3, 0.4) is 0 Å². The van der Waals surface area contributed by atoms with E-state index in [-0.39, 0.29) is 5.91 Å². The van der Waals surface area contributed by atoms with Crippen molar-refractivity contribution in [1.82, 2.24) is 10.2 Å². The molecule has 0 spiro atoms. The summed E-state index contributed by atoms with van der Waals surface area (Å²) in [6.45, 7) is 4.97. The zero-order chi connectivity index (χ0) is 12.8. The summed E-state index contributed by atoms with van der Waals surface area (Å²) >= 11 is 0. The predicted molar refractivity (Wildman–Crippen MR) is 70.4 cm³/mol. The quantitative estimate of drug-likeness (QED) is 0.755. The average molecular weight is 249 g/mol. The fourth-order valence-electron chi connectivity index (χ4n) is 1.89. The van der Waals surface area contributed by atoms with E-state index in [1.54, 1.807) is 24.3 Å². The van der Waals surface area contributed by atoms with Crippen LogP contribution in [0.4, 0.5) is 5.69 Å². The minimum absolute atomic E-state index is 0.0525. The zero-order valence-electron chi connectivity index (χ0n) is 10.4. The highest BCUT2D eigenvalue weighted by Crippen LogP contribution is 2.05. The molecule has 0 unspecified atom stereocenters. The molecule has 98 valence electrons. The number of hydrogen-bond donors (Lipinski definition) is 2. The SMILES string of the molecule is Nc1ccc(C(=O)NCCN2CCOCC2)cc1. The van der Waals surface area contributed by atoms with Crippen LogP contribution in [0, 0.1) is 0 Å². The molecule has 3 N–H and O–H groups in total. The van der Waals surface area contributed by atoms with Crippen LogP contribution in [-0.2, 0) is 4.74 Å². The number of nitrogen functional groups attached to an aromatic ring is 1. The number of carbonyl (C=O) groups excluding carboxylic acids is 1. The minimum atomic E-state index is -0.0525. The molecular formula is C13H19N3O2. The van der Waals surface area contributed by atoms with Crippen LogP contribution in [0.15, 0.2) is 24.3 Å². The van der Waals surface area contributed by atoms with Gasteiger partial charge >= 0.3 is 0 Å². The van der Waals surface area contributed by atoms with E-state index in [1.165, 1.54) is 0 Å². The Kier molecular flexibility index (Phi) is 4.55. The van der Waals surface area contributed by atoms with Crippen LogP contribution in [0.25, 0.3) is 0 Å². The van der Waals surface area contributed by atoms with Crippen molar-refractivity contribution < 1.29 is 9.53 Å². The largest absolute Gasteiger partial charge is 0.399 e. The summed E-state index contributed by atoms with van der Waals surface area (Å²) < 4.78 is 5.27. The lowest BCUT2D eigenvalue weighted by Crippen LogP contribution is -2.41. The van der Waals surface area contributed by atoms with Crippen LogP contribution < -0.4 is 11.1 Å². The Hall–Kier alpha value is -1.59. The number of benzene rings is 1. The van der Waals surface area contributed by atoms with Crippen LogP contribution in [0.1, 0.15) is 10.4 Å². The summed E-state index contributed by atoms with van der Waals surface area (Å²) in [6, 6.07) is 6.94. The summed E-state index contributed by atoms with van der Waals surface area (Å²) in [5.41, 5.74) is 6.89. The van der Waals surface area contributed by atoms with Gasteiger partial charge in [-0.2, -0.15) is 0 Å². The third kappa shape index (κ3) is 3.72. The fourth-order valence-corrected chi connectivity index (χ4v) is 1.89. The Morgan fingerprint density at radius 3 is 2.61 bits per heavy atom. The molecule has 0 aliphatic carbocycles. The van der Waals surface area contributed by atoms with E-state index < -0.39 is 0 Å². The second-order valence-electron chi connectivity index (χ2n) is 4.33. The minimum Gasteiger partial charge on any atom is -0.399 e. The topological polar surface area (TPSA) is 67.6 Å². The van der Waals surface area contributed by atoms with E-state index >= 15 is 0 Å². The highest BCUT2D eigenvalue weighted by molar-refractivity contribution is 5.94. The van der Waals surface area contributed by atoms with Crippen LogP contribution >= 0.6 is 0 Å². The standard InChI is InChI=1S/C13H19N3O2/c14-12-3-1-11(2-4-12)13(17)15-5-6-16-7-9-18-10-8-16/h1-4H,5-10,14H2,(H,15,17). The van der Waals surface area contributed by atoms with E-state index in [0.717, 1.165) is 32.8 Å². The highest BCUT2D eigenvalue weighted by Gasteiger charge is 2.10. The monoisotopic (exact) mass is 249 g/mol. The fraction of sp³-hybridized carbons (Fsp3) is 0.462. The Morgan fingerprint density at radius 2 is 1.94 bits per heavy atom. The number of anilines is 1. The van der Waals surface area contributed by atoms with Crippen molar-refractivity contribution in [3.63, 3.8) is 0 Å². The van der Waals surface area contributed by atoms with Gasteiger partial charge in [0, 0.05) is 37.4 Å². The second kappa shape index (κ2) is 6.37.